The van der Waals surface area contributed by atoms with E-state index in [0.717, 1.165) is 30.5 Å². The molecule has 0 aliphatic carbocycles. The third-order valence-corrected chi connectivity index (χ3v) is 3.44. The van der Waals surface area contributed by atoms with E-state index in [0.29, 0.717) is 0 Å². The average molecular weight is 234 g/mol. The standard InChI is InChI=1S/C13H22N4/c1-11-4-8-17(9-5-11)10-7-16-13-12(14)3-2-6-15-13/h2-3,6,11H,4-5,7-10,14H2,1H3,(H,15,16). The molecule has 0 atom stereocenters. The minimum absolute atomic E-state index is 0.722. The van der Waals surface area contributed by atoms with Crippen molar-refractivity contribution >= 4 is 11.5 Å². The first-order valence-electron chi connectivity index (χ1n) is 6.42. The maximum atomic E-state index is 5.82. The molecule has 1 aliphatic rings. The number of hydrogen-bond donors (Lipinski definition) is 2. The van der Waals surface area contributed by atoms with Crippen LogP contribution in [0, 0.1) is 5.92 Å². The third kappa shape index (κ3) is 3.60. The van der Waals surface area contributed by atoms with Crippen LogP contribution in [-0.4, -0.2) is 36.1 Å². The van der Waals surface area contributed by atoms with Crippen molar-refractivity contribution < 1.29 is 0 Å². The summed E-state index contributed by atoms with van der Waals surface area (Å²) >= 11 is 0. The number of anilines is 2. The van der Waals surface area contributed by atoms with Crippen molar-refractivity contribution in [3.8, 4) is 0 Å². The van der Waals surface area contributed by atoms with Gasteiger partial charge in [-0.1, -0.05) is 6.92 Å². The Balaban J connectivity index is 1.71. The van der Waals surface area contributed by atoms with Crippen LogP contribution in [0.4, 0.5) is 11.5 Å². The van der Waals surface area contributed by atoms with Gasteiger partial charge in [-0.2, -0.15) is 0 Å². The van der Waals surface area contributed by atoms with Gasteiger partial charge in [-0.15, -0.1) is 0 Å². The molecule has 4 nitrogen and oxygen atoms in total. The van der Waals surface area contributed by atoms with E-state index in [1.807, 2.05) is 12.1 Å². The van der Waals surface area contributed by atoms with Crippen molar-refractivity contribution in [1.82, 2.24) is 9.88 Å². The second-order valence-electron chi connectivity index (χ2n) is 4.89. The van der Waals surface area contributed by atoms with E-state index in [9.17, 15) is 0 Å². The van der Waals surface area contributed by atoms with Crippen LogP contribution in [0.25, 0.3) is 0 Å². The molecule has 17 heavy (non-hydrogen) atoms. The molecule has 4 heteroatoms. The molecule has 94 valence electrons. The summed E-state index contributed by atoms with van der Waals surface area (Å²) in [5, 5.41) is 3.29. The highest BCUT2D eigenvalue weighted by atomic mass is 15.1. The fourth-order valence-corrected chi connectivity index (χ4v) is 2.18. The minimum atomic E-state index is 0.722. The molecule has 0 amide bonds. The zero-order chi connectivity index (χ0) is 12.1. The predicted molar refractivity (Wildman–Crippen MR) is 72.0 cm³/mol. The predicted octanol–water partition coefficient (Wildman–Crippen LogP) is 1.81. The summed E-state index contributed by atoms with van der Waals surface area (Å²) in [7, 11) is 0. The highest BCUT2D eigenvalue weighted by Gasteiger charge is 2.14. The summed E-state index contributed by atoms with van der Waals surface area (Å²) in [6, 6.07) is 3.73. The van der Waals surface area contributed by atoms with Crippen molar-refractivity contribution in [2.45, 2.75) is 19.8 Å². The van der Waals surface area contributed by atoms with Gasteiger partial charge < -0.3 is 16.0 Å². The smallest absolute Gasteiger partial charge is 0.149 e. The van der Waals surface area contributed by atoms with Gasteiger partial charge >= 0.3 is 0 Å². The van der Waals surface area contributed by atoms with Crippen LogP contribution >= 0.6 is 0 Å². The lowest BCUT2D eigenvalue weighted by atomic mass is 9.99. The normalized spacial score (nSPS) is 18.2. The fourth-order valence-electron chi connectivity index (χ4n) is 2.18. The number of nitrogens with two attached hydrogens (primary N) is 1. The van der Waals surface area contributed by atoms with E-state index >= 15 is 0 Å². The number of pyridine rings is 1. The molecule has 1 aromatic rings. The molecule has 0 unspecified atom stereocenters. The second kappa shape index (κ2) is 5.87. The van der Waals surface area contributed by atoms with Crippen molar-refractivity contribution in [3.63, 3.8) is 0 Å². The molecule has 1 aliphatic heterocycles. The van der Waals surface area contributed by atoms with E-state index in [4.69, 9.17) is 5.73 Å². The highest BCUT2D eigenvalue weighted by molar-refractivity contribution is 5.60. The van der Waals surface area contributed by atoms with Crippen LogP contribution in [0.2, 0.25) is 0 Å². The molecule has 2 heterocycles. The lowest BCUT2D eigenvalue weighted by Gasteiger charge is -2.30. The average Bonchev–Trinajstić information content (AvgIpc) is 2.34. The number of hydrogen-bond acceptors (Lipinski definition) is 4. The number of rotatable bonds is 4. The Hall–Kier alpha value is -1.29. The Morgan fingerprint density at radius 3 is 2.94 bits per heavy atom. The van der Waals surface area contributed by atoms with Gasteiger partial charge in [0, 0.05) is 19.3 Å². The Labute approximate surface area is 103 Å². The largest absolute Gasteiger partial charge is 0.396 e. The third-order valence-electron chi connectivity index (χ3n) is 3.44. The monoisotopic (exact) mass is 234 g/mol. The van der Waals surface area contributed by atoms with Crippen molar-refractivity contribution in [3.05, 3.63) is 18.3 Å². The summed E-state index contributed by atoms with van der Waals surface area (Å²) in [6.45, 7) is 6.77. The van der Waals surface area contributed by atoms with Crippen LogP contribution in [0.3, 0.4) is 0 Å². The SMILES string of the molecule is CC1CCN(CCNc2ncccc2N)CC1. The van der Waals surface area contributed by atoms with E-state index < -0.39 is 0 Å². The number of aromatic nitrogens is 1. The lowest BCUT2D eigenvalue weighted by Crippen LogP contribution is -2.36. The maximum Gasteiger partial charge on any atom is 0.149 e. The number of nitrogens with one attached hydrogen (secondary N) is 1. The Morgan fingerprint density at radius 1 is 1.47 bits per heavy atom. The molecule has 0 bridgehead atoms. The number of piperidine rings is 1. The fraction of sp³-hybridized carbons (Fsp3) is 0.615. The van der Waals surface area contributed by atoms with Gasteiger partial charge in [0.05, 0.1) is 5.69 Å². The quantitative estimate of drug-likeness (QED) is 0.834. The van der Waals surface area contributed by atoms with Gasteiger partial charge in [0.25, 0.3) is 0 Å². The van der Waals surface area contributed by atoms with Crippen LogP contribution in [0.5, 0.6) is 0 Å². The van der Waals surface area contributed by atoms with Gasteiger partial charge in [0.1, 0.15) is 5.82 Å². The molecular formula is C13H22N4. The summed E-state index contributed by atoms with van der Waals surface area (Å²) in [6.07, 6.45) is 4.42. The molecule has 0 saturated carbocycles. The summed E-state index contributed by atoms with van der Waals surface area (Å²) in [5.41, 5.74) is 6.54. The molecular weight excluding hydrogens is 212 g/mol. The number of nitrogen functional groups attached to an aromatic ring is 1. The molecule has 2 rings (SSSR count). The molecule has 0 spiro atoms. The maximum absolute atomic E-state index is 5.82. The minimum Gasteiger partial charge on any atom is -0.396 e. The number of nitrogens with zero attached hydrogens (tertiary/aromatic N) is 2. The van der Waals surface area contributed by atoms with Gasteiger partial charge in [-0.05, 0) is 44.0 Å². The molecule has 0 radical (unpaired) electrons. The summed E-state index contributed by atoms with van der Waals surface area (Å²) in [5.74, 6) is 1.70. The Bertz CT molecular complexity index is 345. The second-order valence-corrected chi connectivity index (χ2v) is 4.89. The molecule has 3 N–H and O–H groups in total. The zero-order valence-electron chi connectivity index (χ0n) is 10.5. The first kappa shape index (κ1) is 12.2. The summed E-state index contributed by atoms with van der Waals surface area (Å²) < 4.78 is 0. The van der Waals surface area contributed by atoms with Crippen LogP contribution < -0.4 is 11.1 Å². The molecule has 1 aromatic heterocycles. The van der Waals surface area contributed by atoms with E-state index in [2.05, 4.69) is 22.1 Å². The Morgan fingerprint density at radius 2 is 2.24 bits per heavy atom. The van der Waals surface area contributed by atoms with E-state index in [-0.39, 0.29) is 0 Å². The number of likely N-dealkylation sites (tertiary alicyclic amines) is 1. The molecule has 1 fully saturated rings. The van der Waals surface area contributed by atoms with E-state index in [1.54, 1.807) is 6.20 Å². The van der Waals surface area contributed by atoms with Crippen molar-refractivity contribution in [2.75, 3.05) is 37.2 Å². The Kier molecular flexibility index (Phi) is 4.20. The molecule has 0 aromatic carbocycles. The zero-order valence-corrected chi connectivity index (χ0v) is 10.5. The summed E-state index contributed by atoms with van der Waals surface area (Å²) in [4.78, 5) is 6.72. The van der Waals surface area contributed by atoms with Crippen LogP contribution in [0.1, 0.15) is 19.8 Å². The van der Waals surface area contributed by atoms with Crippen molar-refractivity contribution in [2.24, 2.45) is 5.92 Å². The van der Waals surface area contributed by atoms with Crippen molar-refractivity contribution in [1.29, 1.82) is 0 Å². The van der Waals surface area contributed by atoms with Gasteiger partial charge in [-0.25, -0.2) is 4.98 Å². The molecule has 1 saturated heterocycles. The first-order chi connectivity index (χ1) is 8.25. The highest BCUT2D eigenvalue weighted by Crippen LogP contribution is 2.16. The van der Waals surface area contributed by atoms with Gasteiger partial charge in [0.15, 0.2) is 0 Å². The lowest BCUT2D eigenvalue weighted by molar-refractivity contribution is 0.199. The first-order valence-corrected chi connectivity index (χ1v) is 6.42. The van der Waals surface area contributed by atoms with Gasteiger partial charge in [-0.3, -0.25) is 0 Å². The topological polar surface area (TPSA) is 54.2 Å². The van der Waals surface area contributed by atoms with Crippen LogP contribution in [-0.2, 0) is 0 Å². The van der Waals surface area contributed by atoms with Crippen LogP contribution in [0.15, 0.2) is 18.3 Å². The van der Waals surface area contributed by atoms with Gasteiger partial charge in [0.2, 0.25) is 0 Å². The van der Waals surface area contributed by atoms with E-state index in [1.165, 1.54) is 25.9 Å².